The Balaban J connectivity index is 2.34. The molecule has 0 aliphatic carbocycles. The van der Waals surface area contributed by atoms with Gasteiger partial charge in [-0.25, -0.2) is 0 Å². The molecule has 1 atom stereocenters. The van der Waals surface area contributed by atoms with Crippen molar-refractivity contribution in [3.63, 3.8) is 0 Å². The van der Waals surface area contributed by atoms with E-state index >= 15 is 0 Å². The van der Waals surface area contributed by atoms with Gasteiger partial charge in [-0.15, -0.1) is 0 Å². The summed E-state index contributed by atoms with van der Waals surface area (Å²) in [5.41, 5.74) is -0.582. The Morgan fingerprint density at radius 1 is 1.40 bits per heavy atom. The van der Waals surface area contributed by atoms with Crippen molar-refractivity contribution < 1.29 is 14.5 Å². The Morgan fingerprint density at radius 2 is 2.20 bits per heavy atom. The molecule has 0 unspecified atom stereocenters. The van der Waals surface area contributed by atoms with Gasteiger partial charge in [0.15, 0.2) is 0 Å². The maximum atomic E-state index is 12.7. The number of hydrogen-bond donors (Lipinski definition) is 0. The van der Waals surface area contributed by atoms with Gasteiger partial charge in [-0.1, -0.05) is 0 Å². The molecule has 2 rings (SSSR count). The van der Waals surface area contributed by atoms with Crippen molar-refractivity contribution in [1.29, 1.82) is 0 Å². The van der Waals surface area contributed by atoms with E-state index in [9.17, 15) is 13.2 Å². The van der Waals surface area contributed by atoms with E-state index in [-0.39, 0.29) is 12.1 Å². The summed E-state index contributed by atoms with van der Waals surface area (Å²) in [6.45, 7) is 0.831. The van der Waals surface area contributed by atoms with E-state index in [1.807, 2.05) is 0 Å². The van der Waals surface area contributed by atoms with Crippen molar-refractivity contribution >= 4 is 5.69 Å². The zero-order valence-corrected chi connectivity index (χ0v) is 7.96. The van der Waals surface area contributed by atoms with Crippen molar-refractivity contribution in [2.45, 2.75) is 19.0 Å². The number of anilines is 1. The van der Waals surface area contributed by atoms with Gasteiger partial charge >= 0.3 is 6.18 Å². The van der Waals surface area contributed by atoms with Crippen LogP contribution >= 0.6 is 0 Å². The van der Waals surface area contributed by atoms with Crippen LogP contribution in [-0.4, -0.2) is 18.1 Å². The first kappa shape index (κ1) is 9.00. The number of alkyl halides is 3. The molecule has 5 heteroatoms. The maximum Gasteiger partial charge on any atom is 0.418 e. The average molecular weight is 217 g/mol. The summed E-state index contributed by atoms with van der Waals surface area (Å²) < 4.78 is 45.6. The van der Waals surface area contributed by atoms with E-state index in [0.29, 0.717) is 19.5 Å². The van der Waals surface area contributed by atoms with Gasteiger partial charge < -0.3 is 4.90 Å². The van der Waals surface area contributed by atoms with E-state index in [1.54, 1.807) is 4.90 Å². The molecule has 1 aromatic heterocycles. The Hall–Kier alpha value is -1.26. The molecule has 0 amide bonds. The first-order chi connectivity index (χ1) is 7.48. The van der Waals surface area contributed by atoms with Crippen LogP contribution < -0.4 is 4.90 Å². The summed E-state index contributed by atoms with van der Waals surface area (Å²) >= 11 is 0. The number of aromatic nitrogens is 1. The highest BCUT2D eigenvalue weighted by atomic mass is 19.4. The van der Waals surface area contributed by atoms with Crippen LogP contribution in [-0.2, 0) is 6.18 Å². The lowest BCUT2D eigenvalue weighted by atomic mass is 10.2. The van der Waals surface area contributed by atoms with E-state index in [4.69, 9.17) is 1.37 Å². The highest BCUT2D eigenvalue weighted by Gasteiger charge is 2.35. The first-order valence-electron chi connectivity index (χ1n) is 5.24. The van der Waals surface area contributed by atoms with Crippen LogP contribution in [0.4, 0.5) is 18.9 Å². The lowest BCUT2D eigenvalue weighted by Gasteiger charge is -2.21. The number of halogens is 3. The third-order valence-corrected chi connectivity index (χ3v) is 2.40. The van der Waals surface area contributed by atoms with Crippen molar-refractivity contribution in [3.05, 3.63) is 24.0 Å². The monoisotopic (exact) mass is 217 g/mol. The molecule has 1 aliphatic rings. The maximum absolute atomic E-state index is 12.7. The van der Waals surface area contributed by atoms with Crippen molar-refractivity contribution in [2.75, 3.05) is 18.0 Å². The predicted octanol–water partition coefficient (Wildman–Crippen LogP) is 2.70. The zero-order chi connectivity index (χ0) is 11.8. The summed E-state index contributed by atoms with van der Waals surface area (Å²) in [7, 11) is 0. The summed E-state index contributed by atoms with van der Waals surface area (Å²) in [6.07, 6.45) is -1.70. The molecule has 2 heterocycles. The highest BCUT2D eigenvalue weighted by Crippen LogP contribution is 2.36. The summed E-state index contributed by atoms with van der Waals surface area (Å²) in [5.74, 6) is 0. The molecule has 0 radical (unpaired) electrons. The van der Waals surface area contributed by atoms with Gasteiger partial charge in [0.05, 0.1) is 17.4 Å². The van der Waals surface area contributed by atoms with Gasteiger partial charge in [0.25, 0.3) is 0 Å². The molecular weight excluding hydrogens is 205 g/mol. The van der Waals surface area contributed by atoms with E-state index in [1.165, 1.54) is 6.20 Å². The fourth-order valence-corrected chi connectivity index (χ4v) is 1.68. The largest absolute Gasteiger partial charge is 0.418 e. The molecule has 0 aromatic carbocycles. The van der Waals surface area contributed by atoms with Crippen LogP contribution in [0, 0.1) is 0 Å². The van der Waals surface area contributed by atoms with Gasteiger partial charge in [-0.3, -0.25) is 4.98 Å². The Labute approximate surface area is 87.1 Å². The molecule has 0 bridgehead atoms. The Morgan fingerprint density at radius 3 is 2.80 bits per heavy atom. The zero-order valence-electron chi connectivity index (χ0n) is 8.96. The standard InChI is InChI=1S/C10H11F3N2/c11-10(12,13)8-3-4-14-7-9(8)15-5-1-2-6-15/h3-4,7H,1-2,5-6H2/i1D/t1-/m1/s1. The molecule has 1 saturated heterocycles. The molecule has 15 heavy (non-hydrogen) atoms. The second-order valence-corrected chi connectivity index (χ2v) is 3.41. The van der Waals surface area contributed by atoms with Crippen LogP contribution in [0.15, 0.2) is 18.5 Å². The van der Waals surface area contributed by atoms with Crippen LogP contribution in [0.2, 0.25) is 0 Å². The van der Waals surface area contributed by atoms with Crippen LogP contribution in [0.25, 0.3) is 0 Å². The summed E-state index contributed by atoms with van der Waals surface area (Å²) in [4.78, 5) is 5.30. The number of nitrogens with zero attached hydrogens (tertiary/aromatic N) is 2. The SMILES string of the molecule is [2H][C@@H]1CCN(c2cnccc2C(F)(F)F)C1. The Bertz CT molecular complexity index is 381. The fourth-order valence-electron chi connectivity index (χ4n) is 1.68. The van der Waals surface area contributed by atoms with Crippen molar-refractivity contribution in [2.24, 2.45) is 0 Å². The van der Waals surface area contributed by atoms with Crippen molar-refractivity contribution in [1.82, 2.24) is 4.98 Å². The lowest BCUT2D eigenvalue weighted by molar-refractivity contribution is -0.137. The smallest absolute Gasteiger partial charge is 0.370 e. The minimum absolute atomic E-state index is 0.0877. The second-order valence-electron chi connectivity index (χ2n) is 3.41. The van der Waals surface area contributed by atoms with E-state index in [2.05, 4.69) is 4.98 Å². The molecule has 1 aromatic rings. The topological polar surface area (TPSA) is 16.1 Å². The van der Waals surface area contributed by atoms with Crippen LogP contribution in [0.3, 0.4) is 0 Å². The molecule has 1 aliphatic heterocycles. The van der Waals surface area contributed by atoms with Gasteiger partial charge in [-0.2, -0.15) is 13.2 Å². The van der Waals surface area contributed by atoms with E-state index < -0.39 is 11.7 Å². The van der Waals surface area contributed by atoms with E-state index in [0.717, 1.165) is 12.3 Å². The fraction of sp³-hybridized carbons (Fsp3) is 0.500. The summed E-state index contributed by atoms with van der Waals surface area (Å²) in [5, 5.41) is 0. The molecule has 82 valence electrons. The third-order valence-electron chi connectivity index (χ3n) is 2.40. The predicted molar refractivity (Wildman–Crippen MR) is 50.7 cm³/mol. The summed E-state index contributed by atoms with van der Waals surface area (Å²) in [6, 6.07) is 0.979. The van der Waals surface area contributed by atoms with Gasteiger partial charge in [0.2, 0.25) is 0 Å². The number of hydrogen-bond acceptors (Lipinski definition) is 2. The third kappa shape index (κ3) is 2.06. The molecule has 0 spiro atoms. The van der Waals surface area contributed by atoms with Gasteiger partial charge in [-0.05, 0) is 18.9 Å². The minimum atomic E-state index is -4.36. The molecular formula is C10H11F3N2. The van der Waals surface area contributed by atoms with Gasteiger partial charge in [0.1, 0.15) is 0 Å². The quantitative estimate of drug-likeness (QED) is 0.719. The molecule has 0 saturated carbocycles. The molecule has 2 nitrogen and oxygen atoms in total. The first-order valence-corrected chi connectivity index (χ1v) is 4.67. The normalized spacial score (nSPS) is 23.0. The lowest BCUT2D eigenvalue weighted by Crippen LogP contribution is -2.22. The van der Waals surface area contributed by atoms with Crippen LogP contribution in [0.5, 0.6) is 0 Å². The number of rotatable bonds is 1. The molecule has 0 N–H and O–H groups in total. The highest BCUT2D eigenvalue weighted by molar-refractivity contribution is 5.53. The number of pyridine rings is 1. The second kappa shape index (κ2) is 3.72. The van der Waals surface area contributed by atoms with Crippen molar-refractivity contribution in [3.8, 4) is 0 Å². The molecule has 1 fully saturated rings. The van der Waals surface area contributed by atoms with Gasteiger partial charge in [0, 0.05) is 20.7 Å². The minimum Gasteiger partial charge on any atom is -0.370 e. The van der Waals surface area contributed by atoms with Crippen LogP contribution in [0.1, 0.15) is 19.8 Å². The average Bonchev–Trinajstić information content (AvgIpc) is 2.64. The Kier molecular flexibility index (Phi) is 2.23.